The van der Waals surface area contributed by atoms with Crippen molar-refractivity contribution in [2.24, 2.45) is 11.8 Å². The molecule has 100 valence electrons. The molecule has 1 heterocycles. The van der Waals surface area contributed by atoms with Crippen LogP contribution < -0.4 is 0 Å². The first kappa shape index (κ1) is 14.5. The number of hydrogen-bond acceptors (Lipinski definition) is 2. The second kappa shape index (κ2) is 5.61. The quantitative estimate of drug-likeness (QED) is 0.832. The Hall–Kier alpha value is 0.1000. The smallest absolute Gasteiger partial charge is 0.0857 e. The topological polar surface area (TPSA) is 29.5 Å². The molecule has 1 aliphatic heterocycles. The lowest BCUT2D eigenvalue weighted by Crippen LogP contribution is -2.25. The van der Waals surface area contributed by atoms with Gasteiger partial charge in [-0.1, -0.05) is 38.8 Å². The molecule has 0 amide bonds. The molecule has 1 aromatic carbocycles. The molecular weight excluding hydrogens is 360 g/mol. The van der Waals surface area contributed by atoms with Crippen LogP contribution >= 0.6 is 31.9 Å². The second-order valence-electron chi connectivity index (χ2n) is 5.09. The van der Waals surface area contributed by atoms with E-state index < -0.39 is 6.10 Å². The molecule has 0 spiro atoms. The van der Waals surface area contributed by atoms with Gasteiger partial charge in [0.05, 0.1) is 18.3 Å². The van der Waals surface area contributed by atoms with Gasteiger partial charge >= 0.3 is 0 Å². The Bertz CT molecular complexity index is 436. The second-order valence-corrected chi connectivity index (χ2v) is 6.86. The van der Waals surface area contributed by atoms with Crippen LogP contribution in [0.25, 0.3) is 0 Å². The van der Waals surface area contributed by atoms with Gasteiger partial charge in [0.15, 0.2) is 0 Å². The lowest BCUT2D eigenvalue weighted by molar-refractivity contribution is 0.0229. The molecule has 1 N–H and O–H groups in total. The van der Waals surface area contributed by atoms with Crippen molar-refractivity contribution < 1.29 is 9.84 Å². The van der Waals surface area contributed by atoms with Crippen molar-refractivity contribution >= 4 is 31.9 Å². The van der Waals surface area contributed by atoms with E-state index in [0.29, 0.717) is 5.92 Å². The SMILES string of the molecule is CC1OC(C)C(C(O)c2cc(Br)ccc2Br)C1C. The van der Waals surface area contributed by atoms with E-state index in [9.17, 15) is 5.11 Å². The third kappa shape index (κ3) is 2.67. The van der Waals surface area contributed by atoms with Crippen LogP contribution in [0.1, 0.15) is 32.4 Å². The van der Waals surface area contributed by atoms with E-state index in [4.69, 9.17) is 4.74 Å². The summed E-state index contributed by atoms with van der Waals surface area (Å²) in [7, 11) is 0. The van der Waals surface area contributed by atoms with E-state index in [1.807, 2.05) is 25.1 Å². The highest BCUT2D eigenvalue weighted by molar-refractivity contribution is 9.11. The van der Waals surface area contributed by atoms with Gasteiger partial charge < -0.3 is 9.84 Å². The van der Waals surface area contributed by atoms with E-state index in [1.165, 1.54) is 0 Å². The predicted molar refractivity (Wildman–Crippen MR) is 79.5 cm³/mol. The monoisotopic (exact) mass is 376 g/mol. The largest absolute Gasteiger partial charge is 0.388 e. The first-order valence-corrected chi connectivity index (χ1v) is 7.79. The average Bonchev–Trinajstić information content (AvgIpc) is 2.56. The molecule has 1 fully saturated rings. The van der Waals surface area contributed by atoms with Gasteiger partial charge in [0.1, 0.15) is 0 Å². The van der Waals surface area contributed by atoms with Crippen molar-refractivity contribution in [2.75, 3.05) is 0 Å². The number of benzene rings is 1. The first-order valence-electron chi connectivity index (χ1n) is 6.20. The zero-order valence-electron chi connectivity index (χ0n) is 10.7. The van der Waals surface area contributed by atoms with Gasteiger partial charge in [-0.15, -0.1) is 0 Å². The molecule has 1 saturated heterocycles. The summed E-state index contributed by atoms with van der Waals surface area (Å²) >= 11 is 6.96. The molecule has 0 radical (unpaired) electrons. The van der Waals surface area contributed by atoms with Gasteiger partial charge in [-0.25, -0.2) is 0 Å². The Morgan fingerprint density at radius 1 is 1.17 bits per heavy atom. The summed E-state index contributed by atoms with van der Waals surface area (Å²) in [6.07, 6.45) is -0.228. The van der Waals surface area contributed by atoms with Gasteiger partial charge in [0.2, 0.25) is 0 Å². The molecule has 4 heteroatoms. The Kier molecular flexibility index (Phi) is 4.52. The Morgan fingerprint density at radius 2 is 1.83 bits per heavy atom. The van der Waals surface area contributed by atoms with Gasteiger partial charge in [-0.3, -0.25) is 0 Å². The van der Waals surface area contributed by atoms with Crippen LogP contribution in [-0.4, -0.2) is 17.3 Å². The molecule has 2 rings (SSSR count). The molecule has 0 aromatic heterocycles. The van der Waals surface area contributed by atoms with Crippen molar-refractivity contribution in [3.63, 3.8) is 0 Å². The first-order chi connectivity index (χ1) is 8.41. The molecule has 1 aliphatic rings. The Morgan fingerprint density at radius 3 is 2.39 bits per heavy atom. The summed E-state index contributed by atoms with van der Waals surface area (Å²) in [6.45, 7) is 6.26. The van der Waals surface area contributed by atoms with Crippen molar-refractivity contribution in [1.29, 1.82) is 0 Å². The van der Waals surface area contributed by atoms with E-state index in [0.717, 1.165) is 14.5 Å². The minimum Gasteiger partial charge on any atom is -0.388 e. The minimum atomic E-state index is -0.508. The standard InChI is InChI=1S/C14H18Br2O2/c1-7-8(2)18-9(3)13(7)14(17)11-6-10(15)4-5-12(11)16/h4-9,13-14,17H,1-3H3. The van der Waals surface area contributed by atoms with Crippen LogP contribution in [0.4, 0.5) is 0 Å². The van der Waals surface area contributed by atoms with E-state index in [-0.39, 0.29) is 18.1 Å². The molecule has 0 bridgehead atoms. The summed E-state index contributed by atoms with van der Waals surface area (Å²) in [5.41, 5.74) is 0.922. The fraction of sp³-hybridized carbons (Fsp3) is 0.571. The van der Waals surface area contributed by atoms with Crippen LogP contribution in [0.2, 0.25) is 0 Å². The Labute approximate surface area is 125 Å². The van der Waals surface area contributed by atoms with Crippen LogP contribution in [0, 0.1) is 11.8 Å². The summed E-state index contributed by atoms with van der Waals surface area (Å²) < 4.78 is 7.73. The maximum atomic E-state index is 10.7. The lowest BCUT2D eigenvalue weighted by atomic mass is 9.82. The van der Waals surface area contributed by atoms with Crippen LogP contribution in [0.5, 0.6) is 0 Å². The molecule has 0 aliphatic carbocycles. The molecule has 18 heavy (non-hydrogen) atoms. The van der Waals surface area contributed by atoms with Crippen molar-refractivity contribution in [2.45, 2.75) is 39.1 Å². The highest BCUT2D eigenvalue weighted by atomic mass is 79.9. The summed E-state index contributed by atoms with van der Waals surface area (Å²) in [6, 6.07) is 5.88. The van der Waals surface area contributed by atoms with Gasteiger partial charge in [0.25, 0.3) is 0 Å². The van der Waals surface area contributed by atoms with Crippen LogP contribution in [-0.2, 0) is 4.74 Å². The number of ether oxygens (including phenoxy) is 1. The van der Waals surface area contributed by atoms with Gasteiger partial charge in [-0.05, 0) is 43.5 Å². The van der Waals surface area contributed by atoms with E-state index >= 15 is 0 Å². The summed E-state index contributed by atoms with van der Waals surface area (Å²) in [4.78, 5) is 0. The summed E-state index contributed by atoms with van der Waals surface area (Å²) in [5, 5.41) is 10.7. The molecule has 2 nitrogen and oxygen atoms in total. The predicted octanol–water partition coefficient (Wildman–Crippen LogP) is 4.30. The Balaban J connectivity index is 2.30. The normalized spacial score (nSPS) is 33.7. The lowest BCUT2D eigenvalue weighted by Gasteiger charge is -2.26. The fourth-order valence-electron chi connectivity index (χ4n) is 2.79. The van der Waals surface area contributed by atoms with Gasteiger partial charge in [-0.2, -0.15) is 0 Å². The molecular formula is C14H18Br2O2. The number of hydrogen-bond donors (Lipinski definition) is 1. The van der Waals surface area contributed by atoms with Crippen molar-refractivity contribution in [3.05, 3.63) is 32.7 Å². The van der Waals surface area contributed by atoms with Crippen LogP contribution in [0.3, 0.4) is 0 Å². The molecule has 0 saturated carbocycles. The third-order valence-electron chi connectivity index (χ3n) is 3.96. The highest BCUT2D eigenvalue weighted by Gasteiger charge is 2.42. The zero-order chi connectivity index (χ0) is 13.4. The minimum absolute atomic E-state index is 0.0795. The number of rotatable bonds is 2. The van der Waals surface area contributed by atoms with Crippen molar-refractivity contribution in [3.8, 4) is 0 Å². The number of aliphatic hydroxyl groups excluding tert-OH is 1. The van der Waals surface area contributed by atoms with Gasteiger partial charge in [0, 0.05) is 14.9 Å². The maximum Gasteiger partial charge on any atom is 0.0857 e. The van der Waals surface area contributed by atoms with E-state index in [1.54, 1.807) is 0 Å². The molecule has 1 aromatic rings. The molecule has 5 atom stereocenters. The zero-order valence-corrected chi connectivity index (χ0v) is 13.9. The average molecular weight is 378 g/mol. The molecule has 5 unspecified atom stereocenters. The summed E-state index contributed by atoms with van der Waals surface area (Å²) in [5.74, 6) is 0.478. The maximum absolute atomic E-state index is 10.7. The van der Waals surface area contributed by atoms with Crippen molar-refractivity contribution in [1.82, 2.24) is 0 Å². The highest BCUT2D eigenvalue weighted by Crippen LogP contribution is 2.42. The number of aliphatic hydroxyl groups is 1. The number of halogens is 2. The fourth-order valence-corrected chi connectivity index (χ4v) is 3.65. The third-order valence-corrected chi connectivity index (χ3v) is 5.18. The van der Waals surface area contributed by atoms with Crippen LogP contribution in [0.15, 0.2) is 27.1 Å². The van der Waals surface area contributed by atoms with E-state index in [2.05, 4.69) is 45.7 Å².